The zero-order valence-electron chi connectivity index (χ0n) is 44.0. The number of rotatable bonds is 54. The second-order valence-electron chi connectivity index (χ2n) is 19.9. The van der Waals surface area contributed by atoms with E-state index in [2.05, 4.69) is 32.9 Å². The van der Waals surface area contributed by atoms with Crippen molar-refractivity contribution in [3.8, 4) is 0 Å². The van der Waals surface area contributed by atoms with Gasteiger partial charge in [-0.15, -0.1) is 0 Å². The third-order valence-corrected chi connectivity index (χ3v) is 13.3. The highest BCUT2D eigenvalue weighted by atomic mass is 16.6. The lowest BCUT2D eigenvalue weighted by atomic mass is 10.0. The van der Waals surface area contributed by atoms with Gasteiger partial charge in [0, 0.05) is 19.3 Å². The van der Waals surface area contributed by atoms with Crippen LogP contribution < -0.4 is 0 Å². The lowest BCUT2D eigenvalue weighted by molar-refractivity contribution is -0.167. The van der Waals surface area contributed by atoms with Crippen LogP contribution in [-0.2, 0) is 28.6 Å². The lowest BCUT2D eigenvalue weighted by Crippen LogP contribution is -2.30. The summed E-state index contributed by atoms with van der Waals surface area (Å²) in [5.41, 5.74) is 0. The van der Waals surface area contributed by atoms with E-state index < -0.39 is 6.10 Å². The van der Waals surface area contributed by atoms with E-state index in [-0.39, 0.29) is 31.1 Å². The summed E-state index contributed by atoms with van der Waals surface area (Å²) in [7, 11) is 0. The van der Waals surface area contributed by atoms with Gasteiger partial charge in [-0.1, -0.05) is 277 Å². The summed E-state index contributed by atoms with van der Waals surface area (Å²) in [6.07, 6.45) is 62.1. The van der Waals surface area contributed by atoms with Crippen molar-refractivity contribution < 1.29 is 28.6 Å². The highest BCUT2D eigenvalue weighted by Crippen LogP contribution is 2.17. The molecule has 0 aliphatic rings. The standard InChI is InChI=1S/C59H112O6/c1-4-7-10-13-16-19-22-25-26-27-28-29-30-31-32-33-35-37-40-43-46-49-52-58(61)64-55-56(54-63-57(60)51-48-45-42-39-36-24-21-18-15-12-9-6-3)65-59(62)53-50-47-44-41-38-34-23-20-17-14-11-8-5-2/h20,23,56H,4-19,21-22,24-55H2,1-3H3/b23-20-. The van der Waals surface area contributed by atoms with Crippen LogP contribution in [0.2, 0.25) is 0 Å². The monoisotopic (exact) mass is 917 g/mol. The number of esters is 3. The molecule has 0 aromatic carbocycles. The van der Waals surface area contributed by atoms with Crippen molar-refractivity contribution in [3.05, 3.63) is 12.2 Å². The maximum Gasteiger partial charge on any atom is 0.306 e. The molecule has 0 radical (unpaired) electrons. The van der Waals surface area contributed by atoms with Crippen LogP contribution in [0.4, 0.5) is 0 Å². The van der Waals surface area contributed by atoms with E-state index >= 15 is 0 Å². The lowest BCUT2D eigenvalue weighted by Gasteiger charge is -2.18. The van der Waals surface area contributed by atoms with Crippen molar-refractivity contribution in [2.24, 2.45) is 0 Å². The molecule has 384 valence electrons. The molecule has 0 amide bonds. The van der Waals surface area contributed by atoms with Crippen LogP contribution in [0.1, 0.15) is 329 Å². The molecule has 0 aliphatic carbocycles. The molecule has 0 spiro atoms. The molecule has 6 nitrogen and oxygen atoms in total. The smallest absolute Gasteiger partial charge is 0.306 e. The molecule has 0 saturated heterocycles. The average molecular weight is 918 g/mol. The van der Waals surface area contributed by atoms with E-state index in [1.807, 2.05) is 0 Å². The molecule has 65 heavy (non-hydrogen) atoms. The SMILES string of the molecule is CCCCCC/C=C\CCCCCCCC(=O)OC(COC(=O)CCCCCCCCCCCCCC)COC(=O)CCCCCCCCCCCCCCCCCCCCCCCC. The normalized spacial score (nSPS) is 12.0. The van der Waals surface area contributed by atoms with Gasteiger partial charge in [0.25, 0.3) is 0 Å². The molecule has 0 fully saturated rings. The van der Waals surface area contributed by atoms with E-state index in [0.717, 1.165) is 64.2 Å². The molecular weight excluding hydrogens is 805 g/mol. The summed E-state index contributed by atoms with van der Waals surface area (Å²) in [5, 5.41) is 0. The van der Waals surface area contributed by atoms with Crippen LogP contribution in [0.5, 0.6) is 0 Å². The first kappa shape index (κ1) is 63.1. The van der Waals surface area contributed by atoms with Crippen LogP contribution >= 0.6 is 0 Å². The van der Waals surface area contributed by atoms with E-state index in [9.17, 15) is 14.4 Å². The minimum atomic E-state index is -0.768. The van der Waals surface area contributed by atoms with Gasteiger partial charge in [0.1, 0.15) is 13.2 Å². The Balaban J connectivity index is 4.21. The third kappa shape index (κ3) is 53.0. The highest BCUT2D eigenvalue weighted by Gasteiger charge is 2.19. The van der Waals surface area contributed by atoms with Gasteiger partial charge in [-0.05, 0) is 44.9 Å². The van der Waals surface area contributed by atoms with Gasteiger partial charge in [-0.3, -0.25) is 14.4 Å². The Hall–Kier alpha value is -1.85. The Labute approximate surface area is 405 Å². The van der Waals surface area contributed by atoms with Gasteiger partial charge >= 0.3 is 17.9 Å². The summed E-state index contributed by atoms with van der Waals surface area (Å²) in [5.74, 6) is -0.854. The van der Waals surface area contributed by atoms with Crippen molar-refractivity contribution in [1.29, 1.82) is 0 Å². The summed E-state index contributed by atoms with van der Waals surface area (Å²) < 4.78 is 16.9. The van der Waals surface area contributed by atoms with Gasteiger partial charge in [-0.2, -0.15) is 0 Å². The molecule has 6 heteroatoms. The average Bonchev–Trinajstić information content (AvgIpc) is 3.30. The van der Waals surface area contributed by atoms with E-state index in [4.69, 9.17) is 14.2 Å². The molecule has 1 atom stereocenters. The topological polar surface area (TPSA) is 78.9 Å². The van der Waals surface area contributed by atoms with Crippen molar-refractivity contribution in [2.45, 2.75) is 335 Å². The van der Waals surface area contributed by atoms with Crippen LogP contribution in [0.3, 0.4) is 0 Å². The number of ether oxygens (including phenoxy) is 3. The first-order valence-electron chi connectivity index (χ1n) is 29.2. The third-order valence-electron chi connectivity index (χ3n) is 13.3. The summed E-state index contributed by atoms with van der Waals surface area (Å²) in [6.45, 7) is 6.67. The maximum absolute atomic E-state index is 12.8. The Morgan fingerprint density at radius 1 is 0.292 bits per heavy atom. The number of allylic oxidation sites excluding steroid dienone is 2. The largest absolute Gasteiger partial charge is 0.462 e. The van der Waals surface area contributed by atoms with Crippen LogP contribution in [0.15, 0.2) is 12.2 Å². The molecule has 0 heterocycles. The van der Waals surface area contributed by atoms with Crippen LogP contribution in [0.25, 0.3) is 0 Å². The zero-order valence-corrected chi connectivity index (χ0v) is 44.0. The first-order chi connectivity index (χ1) is 32.0. The fourth-order valence-electron chi connectivity index (χ4n) is 8.85. The molecule has 1 unspecified atom stereocenters. The Bertz CT molecular complexity index is 1010. The molecular formula is C59H112O6. The van der Waals surface area contributed by atoms with Crippen LogP contribution in [-0.4, -0.2) is 37.2 Å². The van der Waals surface area contributed by atoms with Gasteiger partial charge in [0.05, 0.1) is 0 Å². The van der Waals surface area contributed by atoms with Crippen LogP contribution in [0, 0.1) is 0 Å². The maximum atomic E-state index is 12.8. The van der Waals surface area contributed by atoms with Gasteiger partial charge < -0.3 is 14.2 Å². The quantitative estimate of drug-likeness (QED) is 0.0262. The van der Waals surface area contributed by atoms with Crippen molar-refractivity contribution in [2.75, 3.05) is 13.2 Å². The first-order valence-corrected chi connectivity index (χ1v) is 29.2. The van der Waals surface area contributed by atoms with Crippen molar-refractivity contribution >= 4 is 17.9 Å². The van der Waals surface area contributed by atoms with Crippen molar-refractivity contribution in [1.82, 2.24) is 0 Å². The Morgan fingerprint density at radius 2 is 0.508 bits per heavy atom. The molecule has 0 aliphatic heterocycles. The highest BCUT2D eigenvalue weighted by molar-refractivity contribution is 5.71. The molecule has 0 saturated carbocycles. The van der Waals surface area contributed by atoms with E-state index in [0.29, 0.717) is 19.3 Å². The molecule has 0 bridgehead atoms. The Morgan fingerprint density at radius 3 is 0.785 bits per heavy atom. The molecule has 0 aromatic rings. The summed E-state index contributed by atoms with van der Waals surface area (Å²) in [4.78, 5) is 38.1. The minimum absolute atomic E-state index is 0.0676. The van der Waals surface area contributed by atoms with E-state index in [1.54, 1.807) is 0 Å². The second-order valence-corrected chi connectivity index (χ2v) is 19.9. The Kier molecular flexibility index (Phi) is 53.2. The number of unbranched alkanes of at least 4 members (excludes halogenated alkanes) is 41. The summed E-state index contributed by atoms with van der Waals surface area (Å²) >= 11 is 0. The number of hydrogen-bond acceptors (Lipinski definition) is 6. The number of carbonyl (C=O) groups excluding carboxylic acids is 3. The van der Waals surface area contributed by atoms with Gasteiger partial charge in [0.2, 0.25) is 0 Å². The molecule has 0 rings (SSSR count). The molecule has 0 N–H and O–H groups in total. The number of carbonyl (C=O) groups is 3. The number of hydrogen-bond donors (Lipinski definition) is 0. The van der Waals surface area contributed by atoms with Gasteiger partial charge in [0.15, 0.2) is 6.10 Å². The van der Waals surface area contributed by atoms with E-state index in [1.165, 1.54) is 225 Å². The molecule has 0 aromatic heterocycles. The van der Waals surface area contributed by atoms with Gasteiger partial charge in [-0.25, -0.2) is 0 Å². The second kappa shape index (κ2) is 54.8. The predicted octanol–water partition coefficient (Wildman–Crippen LogP) is 19.3. The minimum Gasteiger partial charge on any atom is -0.462 e. The fraction of sp³-hybridized carbons (Fsp3) is 0.915. The summed E-state index contributed by atoms with van der Waals surface area (Å²) in [6, 6.07) is 0. The zero-order chi connectivity index (χ0) is 47.2. The predicted molar refractivity (Wildman–Crippen MR) is 280 cm³/mol. The fourth-order valence-corrected chi connectivity index (χ4v) is 8.85. The van der Waals surface area contributed by atoms with Crippen molar-refractivity contribution in [3.63, 3.8) is 0 Å².